The zero-order valence-electron chi connectivity index (χ0n) is 9.51. The lowest BCUT2D eigenvalue weighted by Crippen LogP contribution is -2.42. The van der Waals surface area contributed by atoms with Gasteiger partial charge in [0.2, 0.25) is 5.91 Å². The van der Waals surface area contributed by atoms with Gasteiger partial charge in [0.05, 0.1) is 24.6 Å². The highest BCUT2D eigenvalue weighted by Gasteiger charge is 2.25. The summed E-state index contributed by atoms with van der Waals surface area (Å²) in [7, 11) is 3.77. The second kappa shape index (κ2) is 4.88. The molecule has 0 spiro atoms. The lowest BCUT2D eigenvalue weighted by atomic mass is 10.3. The van der Waals surface area contributed by atoms with Gasteiger partial charge in [0.1, 0.15) is 0 Å². The Hall–Kier alpha value is -1.01. The van der Waals surface area contributed by atoms with Gasteiger partial charge in [-0.3, -0.25) is 10.1 Å². The number of imidazole rings is 1. The molecule has 0 radical (unpaired) electrons. The average Bonchev–Trinajstić information content (AvgIpc) is 2.89. The summed E-state index contributed by atoms with van der Waals surface area (Å²) in [5.41, 5.74) is 1.04. The van der Waals surface area contributed by atoms with Gasteiger partial charge in [0.15, 0.2) is 0 Å². The maximum Gasteiger partial charge on any atom is 0.240 e. The van der Waals surface area contributed by atoms with Crippen molar-refractivity contribution in [3.8, 4) is 0 Å². The standard InChI is InChI=1S/C10H16N4OS/c1-13(4-8-3-11-6-14(8)2)10(15)9-5-16-7-12-9/h3,6,9,12H,4-5,7H2,1-2H3/t9-/m1/s1. The van der Waals surface area contributed by atoms with Crippen LogP contribution in [0.1, 0.15) is 5.69 Å². The smallest absolute Gasteiger partial charge is 0.240 e. The van der Waals surface area contributed by atoms with Crippen LogP contribution in [0.15, 0.2) is 12.5 Å². The maximum absolute atomic E-state index is 12.0. The van der Waals surface area contributed by atoms with E-state index in [0.717, 1.165) is 17.3 Å². The molecule has 1 aliphatic rings. The van der Waals surface area contributed by atoms with E-state index in [-0.39, 0.29) is 11.9 Å². The quantitative estimate of drug-likeness (QED) is 0.810. The van der Waals surface area contributed by atoms with Gasteiger partial charge in [-0.05, 0) is 0 Å². The van der Waals surface area contributed by atoms with Crippen LogP contribution in [-0.2, 0) is 18.4 Å². The molecule has 5 nitrogen and oxygen atoms in total. The molecule has 1 amide bonds. The van der Waals surface area contributed by atoms with Crippen molar-refractivity contribution in [2.75, 3.05) is 18.7 Å². The molecule has 0 bridgehead atoms. The van der Waals surface area contributed by atoms with Gasteiger partial charge in [-0.1, -0.05) is 0 Å². The van der Waals surface area contributed by atoms with E-state index in [1.807, 2.05) is 18.7 Å². The number of amides is 1. The number of carbonyl (C=O) groups is 1. The number of thioether (sulfide) groups is 1. The van der Waals surface area contributed by atoms with Gasteiger partial charge in [-0.2, -0.15) is 0 Å². The van der Waals surface area contributed by atoms with Gasteiger partial charge in [-0.25, -0.2) is 4.98 Å². The number of aromatic nitrogens is 2. The lowest BCUT2D eigenvalue weighted by Gasteiger charge is -2.20. The normalized spacial score (nSPS) is 20.0. The van der Waals surface area contributed by atoms with Crippen LogP contribution < -0.4 is 5.32 Å². The van der Waals surface area contributed by atoms with Crippen LogP contribution >= 0.6 is 11.8 Å². The van der Waals surface area contributed by atoms with Crippen molar-refractivity contribution in [3.05, 3.63) is 18.2 Å². The topological polar surface area (TPSA) is 50.2 Å². The average molecular weight is 240 g/mol. The fourth-order valence-electron chi connectivity index (χ4n) is 1.68. The molecule has 1 N–H and O–H groups in total. The van der Waals surface area contributed by atoms with Crippen molar-refractivity contribution >= 4 is 17.7 Å². The van der Waals surface area contributed by atoms with Crippen molar-refractivity contribution in [1.29, 1.82) is 0 Å². The first-order valence-electron chi connectivity index (χ1n) is 5.20. The van der Waals surface area contributed by atoms with E-state index in [4.69, 9.17) is 0 Å². The number of hydrogen-bond acceptors (Lipinski definition) is 4. The van der Waals surface area contributed by atoms with Gasteiger partial charge < -0.3 is 9.47 Å². The van der Waals surface area contributed by atoms with E-state index in [9.17, 15) is 4.79 Å². The molecule has 1 aromatic heterocycles. The van der Waals surface area contributed by atoms with Crippen LogP contribution in [0.25, 0.3) is 0 Å². The fourth-order valence-corrected chi connectivity index (χ4v) is 2.61. The van der Waals surface area contributed by atoms with Crippen molar-refractivity contribution in [3.63, 3.8) is 0 Å². The molecule has 0 unspecified atom stereocenters. The van der Waals surface area contributed by atoms with Crippen LogP contribution in [0.5, 0.6) is 0 Å². The summed E-state index contributed by atoms with van der Waals surface area (Å²) in [6, 6.07) is -0.0248. The fraction of sp³-hybridized carbons (Fsp3) is 0.600. The number of nitrogens with one attached hydrogen (secondary N) is 1. The Kier molecular flexibility index (Phi) is 3.50. The molecule has 6 heteroatoms. The molecule has 1 aliphatic heterocycles. The lowest BCUT2D eigenvalue weighted by molar-refractivity contribution is -0.131. The number of carbonyl (C=O) groups excluding carboxylic acids is 1. The molecule has 2 rings (SSSR count). The number of nitrogens with zero attached hydrogens (tertiary/aromatic N) is 3. The zero-order valence-corrected chi connectivity index (χ0v) is 10.3. The van der Waals surface area contributed by atoms with E-state index in [2.05, 4.69) is 10.3 Å². The monoisotopic (exact) mass is 240 g/mol. The predicted octanol–water partition coefficient (Wildman–Crippen LogP) is 0.0410. The Labute approximate surface area is 99.2 Å². The minimum absolute atomic E-state index is 0.0248. The molecule has 0 aromatic carbocycles. The van der Waals surface area contributed by atoms with Crippen molar-refractivity contribution in [2.45, 2.75) is 12.6 Å². The summed E-state index contributed by atoms with van der Waals surface area (Å²) in [6.07, 6.45) is 3.54. The van der Waals surface area contributed by atoms with Gasteiger partial charge >= 0.3 is 0 Å². The molecular formula is C10H16N4OS. The van der Waals surface area contributed by atoms with Gasteiger partial charge in [-0.15, -0.1) is 11.8 Å². The Morgan fingerprint density at radius 2 is 2.62 bits per heavy atom. The Bertz CT molecular complexity index is 373. The van der Waals surface area contributed by atoms with Gasteiger partial charge in [0.25, 0.3) is 0 Å². The third-order valence-electron chi connectivity index (χ3n) is 2.71. The van der Waals surface area contributed by atoms with E-state index >= 15 is 0 Å². The SMILES string of the molecule is CN(Cc1cncn1C)C(=O)[C@H]1CSCN1. The Morgan fingerprint density at radius 3 is 3.19 bits per heavy atom. The third kappa shape index (κ3) is 2.38. The first-order chi connectivity index (χ1) is 7.68. The van der Waals surface area contributed by atoms with E-state index < -0.39 is 0 Å². The molecule has 1 atom stereocenters. The summed E-state index contributed by atoms with van der Waals surface area (Å²) in [5.74, 6) is 1.90. The minimum atomic E-state index is -0.0248. The number of likely N-dealkylation sites (N-methyl/N-ethyl adjacent to an activating group) is 1. The van der Waals surface area contributed by atoms with Crippen LogP contribution in [0.3, 0.4) is 0 Å². The molecule has 1 saturated heterocycles. The van der Waals surface area contributed by atoms with E-state index in [1.165, 1.54) is 0 Å². The number of aryl methyl sites for hydroxylation is 1. The van der Waals surface area contributed by atoms with Crippen LogP contribution in [0.2, 0.25) is 0 Å². The largest absolute Gasteiger partial charge is 0.338 e. The highest BCUT2D eigenvalue weighted by atomic mass is 32.2. The predicted molar refractivity (Wildman–Crippen MR) is 63.9 cm³/mol. The van der Waals surface area contributed by atoms with Crippen LogP contribution in [0, 0.1) is 0 Å². The summed E-state index contributed by atoms with van der Waals surface area (Å²) in [5, 5.41) is 3.18. The third-order valence-corrected chi connectivity index (χ3v) is 3.65. The second-order valence-corrected chi connectivity index (χ2v) is 4.99. The van der Waals surface area contributed by atoms with Crippen LogP contribution in [0.4, 0.5) is 0 Å². The second-order valence-electron chi connectivity index (χ2n) is 3.96. The molecule has 0 aliphatic carbocycles. The van der Waals surface area contributed by atoms with Crippen LogP contribution in [-0.4, -0.2) is 45.1 Å². The first kappa shape index (κ1) is 11.5. The minimum Gasteiger partial charge on any atom is -0.338 e. The van der Waals surface area contributed by atoms with Crippen molar-refractivity contribution in [1.82, 2.24) is 19.8 Å². The summed E-state index contributed by atoms with van der Waals surface area (Å²) < 4.78 is 1.93. The summed E-state index contributed by atoms with van der Waals surface area (Å²) in [4.78, 5) is 17.8. The number of hydrogen-bond donors (Lipinski definition) is 1. The maximum atomic E-state index is 12.0. The molecule has 1 fully saturated rings. The Balaban J connectivity index is 1.94. The van der Waals surface area contributed by atoms with Crippen molar-refractivity contribution in [2.24, 2.45) is 7.05 Å². The molecule has 0 saturated carbocycles. The molecular weight excluding hydrogens is 224 g/mol. The van der Waals surface area contributed by atoms with Crippen molar-refractivity contribution < 1.29 is 4.79 Å². The summed E-state index contributed by atoms with van der Waals surface area (Å²) >= 11 is 1.76. The van der Waals surface area contributed by atoms with Gasteiger partial charge in [0, 0.05) is 31.9 Å². The molecule has 16 heavy (non-hydrogen) atoms. The number of rotatable bonds is 3. The zero-order chi connectivity index (χ0) is 11.5. The molecule has 1 aromatic rings. The summed E-state index contributed by atoms with van der Waals surface area (Å²) in [6.45, 7) is 0.609. The highest BCUT2D eigenvalue weighted by Crippen LogP contribution is 2.12. The van der Waals surface area contributed by atoms with E-state index in [1.54, 1.807) is 29.2 Å². The first-order valence-corrected chi connectivity index (χ1v) is 6.35. The molecule has 88 valence electrons. The molecule has 2 heterocycles. The Morgan fingerprint density at radius 1 is 1.81 bits per heavy atom. The van der Waals surface area contributed by atoms with E-state index in [0.29, 0.717) is 6.54 Å². The highest BCUT2D eigenvalue weighted by molar-refractivity contribution is 7.99.